The topological polar surface area (TPSA) is 117 Å². The molecule has 0 radical (unpaired) electrons. The number of carboxylic acid groups (broad SMARTS) is 1. The number of rotatable bonds is 9. The third-order valence-electron chi connectivity index (χ3n) is 4.02. The normalized spacial score (nSPS) is 11.4. The van der Waals surface area contributed by atoms with Gasteiger partial charge in [-0.2, -0.15) is 0 Å². The minimum atomic E-state index is -1.07. The summed E-state index contributed by atoms with van der Waals surface area (Å²) >= 11 is 0. The summed E-state index contributed by atoms with van der Waals surface area (Å²) < 4.78 is 5.05. The van der Waals surface area contributed by atoms with Gasteiger partial charge in [-0.05, 0) is 35.7 Å². The van der Waals surface area contributed by atoms with Crippen LogP contribution in [0.5, 0.6) is 5.75 Å². The number of benzene rings is 2. The molecule has 0 aliphatic rings. The van der Waals surface area contributed by atoms with Crippen molar-refractivity contribution in [3.8, 4) is 5.75 Å². The Morgan fingerprint density at radius 2 is 1.66 bits per heavy atom. The zero-order valence-electron chi connectivity index (χ0n) is 16.3. The average molecular weight is 399 g/mol. The summed E-state index contributed by atoms with van der Waals surface area (Å²) in [5.41, 5.74) is 1.47. The van der Waals surface area contributed by atoms with Gasteiger partial charge >= 0.3 is 12.0 Å². The van der Waals surface area contributed by atoms with Crippen molar-refractivity contribution in [3.63, 3.8) is 0 Å². The zero-order chi connectivity index (χ0) is 21.2. The Morgan fingerprint density at radius 3 is 2.24 bits per heavy atom. The molecule has 29 heavy (non-hydrogen) atoms. The summed E-state index contributed by atoms with van der Waals surface area (Å²) in [4.78, 5) is 35.3. The second-order valence-electron chi connectivity index (χ2n) is 6.73. The Hall–Kier alpha value is -3.55. The van der Waals surface area contributed by atoms with Crippen molar-refractivity contribution < 1.29 is 24.2 Å². The van der Waals surface area contributed by atoms with Gasteiger partial charge in [0.2, 0.25) is 5.91 Å². The fraction of sp³-hybridized carbons (Fsp3) is 0.286. The number of nitrogens with one attached hydrogen (secondary N) is 3. The van der Waals surface area contributed by atoms with E-state index < -0.39 is 24.6 Å². The molecule has 0 bridgehead atoms. The number of carboxylic acids is 1. The third kappa shape index (κ3) is 7.53. The Balaban J connectivity index is 1.89. The molecule has 4 N–H and O–H groups in total. The van der Waals surface area contributed by atoms with Crippen LogP contribution >= 0.6 is 0 Å². The Labute approximate surface area is 169 Å². The van der Waals surface area contributed by atoms with Crippen LogP contribution in [0.3, 0.4) is 0 Å². The molecule has 2 rings (SSSR count). The highest BCUT2D eigenvalue weighted by Gasteiger charge is 2.24. The van der Waals surface area contributed by atoms with Gasteiger partial charge in [0.1, 0.15) is 11.8 Å². The number of ether oxygens (including phenoxy) is 1. The van der Waals surface area contributed by atoms with Gasteiger partial charge in [0.25, 0.3) is 0 Å². The minimum absolute atomic E-state index is 0.129. The lowest BCUT2D eigenvalue weighted by Gasteiger charge is -2.22. The van der Waals surface area contributed by atoms with Crippen molar-refractivity contribution in [1.29, 1.82) is 0 Å². The zero-order valence-corrected chi connectivity index (χ0v) is 16.3. The van der Waals surface area contributed by atoms with Crippen LogP contribution < -0.4 is 20.7 Å². The van der Waals surface area contributed by atoms with E-state index in [-0.39, 0.29) is 11.8 Å². The predicted octanol–water partition coefficient (Wildman–Crippen LogP) is 2.61. The maximum Gasteiger partial charge on any atom is 0.341 e. The Morgan fingerprint density at radius 1 is 1.00 bits per heavy atom. The highest BCUT2D eigenvalue weighted by molar-refractivity contribution is 5.97. The number of amides is 3. The van der Waals surface area contributed by atoms with Gasteiger partial charge in [-0.1, -0.05) is 44.2 Å². The van der Waals surface area contributed by atoms with E-state index in [9.17, 15) is 14.4 Å². The maximum atomic E-state index is 12.6. The molecule has 2 aromatic carbocycles. The smallest absolute Gasteiger partial charge is 0.341 e. The van der Waals surface area contributed by atoms with Crippen molar-refractivity contribution in [3.05, 3.63) is 60.2 Å². The number of urea groups is 1. The molecule has 1 unspecified atom stereocenters. The first-order valence-corrected chi connectivity index (χ1v) is 9.19. The summed E-state index contributed by atoms with van der Waals surface area (Å²) in [7, 11) is 0. The van der Waals surface area contributed by atoms with Crippen LogP contribution in [0.4, 0.5) is 10.5 Å². The number of carbonyl (C=O) groups is 3. The molecule has 0 aliphatic carbocycles. The van der Waals surface area contributed by atoms with E-state index in [0.717, 1.165) is 5.56 Å². The van der Waals surface area contributed by atoms with E-state index in [4.69, 9.17) is 9.84 Å². The lowest BCUT2D eigenvalue weighted by Crippen LogP contribution is -2.50. The Kier molecular flexibility index (Phi) is 8.02. The molecule has 0 saturated heterocycles. The van der Waals surface area contributed by atoms with Gasteiger partial charge < -0.3 is 25.8 Å². The highest BCUT2D eigenvalue weighted by Crippen LogP contribution is 2.16. The van der Waals surface area contributed by atoms with Gasteiger partial charge in [-0.3, -0.25) is 4.79 Å². The number of hydrogen-bond acceptors (Lipinski definition) is 4. The highest BCUT2D eigenvalue weighted by atomic mass is 16.5. The van der Waals surface area contributed by atoms with Crippen LogP contribution in [0.2, 0.25) is 0 Å². The first-order chi connectivity index (χ1) is 13.8. The first kappa shape index (κ1) is 21.7. The largest absolute Gasteiger partial charge is 0.482 e. The summed E-state index contributed by atoms with van der Waals surface area (Å²) in [6, 6.07) is 14.6. The molecule has 0 aromatic heterocycles. The summed E-state index contributed by atoms with van der Waals surface area (Å²) in [6.07, 6.45) is 0. The van der Waals surface area contributed by atoms with E-state index in [0.29, 0.717) is 18.0 Å². The van der Waals surface area contributed by atoms with Gasteiger partial charge in [-0.25, -0.2) is 9.59 Å². The number of aliphatic carboxylic acids is 1. The predicted molar refractivity (Wildman–Crippen MR) is 109 cm³/mol. The second kappa shape index (κ2) is 10.7. The molecule has 8 nitrogen and oxygen atoms in total. The molecule has 2 aromatic rings. The van der Waals surface area contributed by atoms with Crippen molar-refractivity contribution >= 4 is 23.6 Å². The van der Waals surface area contributed by atoms with E-state index in [2.05, 4.69) is 16.0 Å². The summed E-state index contributed by atoms with van der Waals surface area (Å²) in [6.45, 7) is 3.59. The molecule has 154 valence electrons. The van der Waals surface area contributed by atoms with Crippen LogP contribution in [-0.2, 0) is 16.1 Å². The number of hydrogen-bond donors (Lipinski definition) is 4. The van der Waals surface area contributed by atoms with Crippen LogP contribution in [-0.4, -0.2) is 35.7 Å². The van der Waals surface area contributed by atoms with Crippen LogP contribution in [0.15, 0.2) is 54.6 Å². The average Bonchev–Trinajstić information content (AvgIpc) is 2.70. The molecule has 0 aliphatic heterocycles. The van der Waals surface area contributed by atoms with Crippen LogP contribution in [0, 0.1) is 5.92 Å². The van der Waals surface area contributed by atoms with Crippen LogP contribution in [0.25, 0.3) is 0 Å². The third-order valence-corrected chi connectivity index (χ3v) is 4.02. The molecule has 1 atom stereocenters. The monoisotopic (exact) mass is 399 g/mol. The summed E-state index contributed by atoms with van der Waals surface area (Å²) in [5.74, 6) is -1.17. The van der Waals surface area contributed by atoms with Gasteiger partial charge in [0.15, 0.2) is 6.61 Å². The van der Waals surface area contributed by atoms with Crippen molar-refractivity contribution in [2.75, 3.05) is 11.9 Å². The molecular formula is C21H25N3O5. The van der Waals surface area contributed by atoms with E-state index in [1.54, 1.807) is 24.3 Å². The van der Waals surface area contributed by atoms with Crippen molar-refractivity contribution in [1.82, 2.24) is 10.6 Å². The molecule has 0 spiro atoms. The fourth-order valence-corrected chi connectivity index (χ4v) is 2.51. The number of carbonyl (C=O) groups excluding carboxylic acids is 2. The standard InChI is InChI=1S/C21H25N3O5/c1-14(2)19(24-21(28)22-12-15-6-4-3-5-7-15)20(27)23-16-8-10-17(11-9-16)29-13-18(25)26/h3-11,14,19H,12-13H2,1-2H3,(H,23,27)(H,25,26)(H2,22,24,28). The van der Waals surface area contributed by atoms with Crippen LogP contribution in [0.1, 0.15) is 19.4 Å². The number of anilines is 1. The lowest BCUT2D eigenvalue weighted by atomic mass is 10.0. The first-order valence-electron chi connectivity index (χ1n) is 9.19. The molecule has 3 amide bonds. The van der Waals surface area contributed by atoms with Gasteiger partial charge in [0.05, 0.1) is 0 Å². The SMILES string of the molecule is CC(C)C(NC(=O)NCc1ccccc1)C(=O)Nc1ccc(OCC(=O)O)cc1. The molecule has 0 fully saturated rings. The van der Waals surface area contributed by atoms with Gasteiger partial charge in [-0.15, -0.1) is 0 Å². The van der Waals surface area contributed by atoms with E-state index in [1.807, 2.05) is 44.2 Å². The molecule has 0 saturated carbocycles. The maximum absolute atomic E-state index is 12.6. The van der Waals surface area contributed by atoms with Crippen molar-refractivity contribution in [2.24, 2.45) is 5.92 Å². The molecular weight excluding hydrogens is 374 g/mol. The molecule has 8 heteroatoms. The van der Waals surface area contributed by atoms with Crippen molar-refractivity contribution in [2.45, 2.75) is 26.4 Å². The quantitative estimate of drug-likeness (QED) is 0.517. The fourth-order valence-electron chi connectivity index (χ4n) is 2.51. The van der Waals surface area contributed by atoms with Gasteiger partial charge in [0, 0.05) is 12.2 Å². The molecule has 0 heterocycles. The Bertz CT molecular complexity index is 822. The lowest BCUT2D eigenvalue weighted by molar-refractivity contribution is -0.139. The van der Waals surface area contributed by atoms with E-state index >= 15 is 0 Å². The summed E-state index contributed by atoms with van der Waals surface area (Å²) in [5, 5.41) is 16.8. The van der Waals surface area contributed by atoms with E-state index in [1.165, 1.54) is 0 Å². The second-order valence-corrected chi connectivity index (χ2v) is 6.73. The minimum Gasteiger partial charge on any atom is -0.482 e.